The normalized spacial score (nSPS) is 12.3. The van der Waals surface area contributed by atoms with Crippen LogP contribution in [0.15, 0.2) is 24.3 Å². The number of rotatable bonds is 5. The van der Waals surface area contributed by atoms with Crippen LogP contribution >= 0.6 is 0 Å². The predicted molar refractivity (Wildman–Crippen MR) is 78.0 cm³/mol. The van der Waals surface area contributed by atoms with Crippen molar-refractivity contribution in [1.82, 2.24) is 5.32 Å². The third-order valence-electron chi connectivity index (χ3n) is 2.60. The van der Waals surface area contributed by atoms with Crippen molar-refractivity contribution in [2.24, 2.45) is 0 Å². The highest BCUT2D eigenvalue weighted by Crippen LogP contribution is 2.09. The van der Waals surface area contributed by atoms with Gasteiger partial charge in [0.2, 0.25) is 0 Å². The molecule has 114 valence electrons. The van der Waals surface area contributed by atoms with Gasteiger partial charge in [0.15, 0.2) is 6.21 Å². The SMILES string of the molecule is CC(C)(C)OC(=O)NC(Cc1ccc(C=[NH2+])cc1)C(=O)O. The summed E-state index contributed by atoms with van der Waals surface area (Å²) in [5.41, 5.74) is 0.945. The molecule has 0 bridgehead atoms. The van der Waals surface area contributed by atoms with E-state index in [0.29, 0.717) is 0 Å². The highest BCUT2D eigenvalue weighted by atomic mass is 16.6. The van der Waals surface area contributed by atoms with Crippen molar-refractivity contribution in [1.29, 1.82) is 0 Å². The number of carboxylic acids is 1. The third kappa shape index (κ3) is 6.07. The predicted octanol–water partition coefficient (Wildman–Crippen LogP) is 0.385. The average Bonchev–Trinajstić information content (AvgIpc) is 2.36. The molecule has 0 spiro atoms. The van der Waals surface area contributed by atoms with Crippen LogP contribution in [0.1, 0.15) is 31.9 Å². The van der Waals surface area contributed by atoms with E-state index in [4.69, 9.17) is 10.1 Å². The van der Waals surface area contributed by atoms with Crippen molar-refractivity contribution in [3.05, 3.63) is 35.4 Å². The monoisotopic (exact) mass is 293 g/mol. The topological polar surface area (TPSA) is 101 Å². The number of alkyl carbamates (subject to hydrolysis) is 1. The fourth-order valence-corrected chi connectivity index (χ4v) is 1.65. The molecule has 6 nitrogen and oxygen atoms in total. The van der Waals surface area contributed by atoms with Crippen LogP contribution in [0.3, 0.4) is 0 Å². The lowest BCUT2D eigenvalue weighted by Gasteiger charge is -2.22. The molecule has 0 saturated heterocycles. The molecule has 1 rings (SSSR count). The summed E-state index contributed by atoms with van der Waals surface area (Å²) in [7, 11) is 0. The zero-order valence-corrected chi connectivity index (χ0v) is 12.4. The third-order valence-corrected chi connectivity index (χ3v) is 2.60. The van der Waals surface area contributed by atoms with Crippen molar-refractivity contribution < 1.29 is 24.8 Å². The Bertz CT molecular complexity index is 517. The largest absolute Gasteiger partial charge is 0.480 e. The van der Waals surface area contributed by atoms with Gasteiger partial charge < -0.3 is 15.2 Å². The van der Waals surface area contributed by atoms with Gasteiger partial charge in [0, 0.05) is 12.0 Å². The van der Waals surface area contributed by atoms with E-state index in [0.717, 1.165) is 11.1 Å². The van der Waals surface area contributed by atoms with E-state index >= 15 is 0 Å². The summed E-state index contributed by atoms with van der Waals surface area (Å²) >= 11 is 0. The van der Waals surface area contributed by atoms with E-state index in [1.54, 1.807) is 45.0 Å². The van der Waals surface area contributed by atoms with E-state index in [-0.39, 0.29) is 6.42 Å². The Kier molecular flexibility index (Phi) is 5.46. The zero-order valence-electron chi connectivity index (χ0n) is 12.4. The molecule has 1 atom stereocenters. The molecule has 0 saturated carbocycles. The smallest absolute Gasteiger partial charge is 0.408 e. The number of carbonyl (C=O) groups excluding carboxylic acids is 1. The van der Waals surface area contributed by atoms with E-state index in [1.165, 1.54) is 6.21 Å². The standard InChI is InChI=1S/C15H20N2O4/c1-15(2,3)21-14(20)17-12(13(18)19)8-10-4-6-11(9-16)7-5-10/h4-7,9,12,16H,8H2,1-3H3,(H,17,20)(H,18,19)/p+1. The maximum atomic E-state index is 11.6. The summed E-state index contributed by atoms with van der Waals surface area (Å²) in [6, 6.07) is 6.05. The molecule has 1 aromatic rings. The van der Waals surface area contributed by atoms with Crippen LogP contribution in [0.5, 0.6) is 0 Å². The van der Waals surface area contributed by atoms with Crippen molar-refractivity contribution in [3.8, 4) is 0 Å². The highest BCUT2D eigenvalue weighted by Gasteiger charge is 2.24. The second kappa shape index (κ2) is 6.88. The first-order valence-electron chi connectivity index (χ1n) is 6.57. The van der Waals surface area contributed by atoms with Crippen LogP contribution < -0.4 is 10.7 Å². The van der Waals surface area contributed by atoms with Crippen LogP contribution in [-0.2, 0) is 16.0 Å². The summed E-state index contributed by atoms with van der Waals surface area (Å²) < 4.78 is 5.06. The second-order valence-corrected chi connectivity index (χ2v) is 5.65. The van der Waals surface area contributed by atoms with Crippen molar-refractivity contribution >= 4 is 18.3 Å². The maximum absolute atomic E-state index is 11.6. The quantitative estimate of drug-likeness (QED) is 0.683. The van der Waals surface area contributed by atoms with Crippen LogP contribution in [0.2, 0.25) is 0 Å². The summed E-state index contributed by atoms with van der Waals surface area (Å²) in [6.45, 7) is 5.14. The molecule has 0 fully saturated rings. The van der Waals surface area contributed by atoms with E-state index < -0.39 is 23.7 Å². The van der Waals surface area contributed by atoms with Gasteiger partial charge in [0.25, 0.3) is 0 Å². The molecule has 0 aliphatic rings. The Morgan fingerprint density at radius 1 is 1.33 bits per heavy atom. The molecule has 21 heavy (non-hydrogen) atoms. The molecule has 1 unspecified atom stereocenters. The number of carbonyl (C=O) groups is 2. The highest BCUT2D eigenvalue weighted by molar-refractivity contribution is 5.80. The number of nitrogens with one attached hydrogen (secondary N) is 1. The molecule has 0 heterocycles. The van der Waals surface area contributed by atoms with Crippen molar-refractivity contribution in [3.63, 3.8) is 0 Å². The van der Waals surface area contributed by atoms with Gasteiger partial charge >= 0.3 is 12.1 Å². The molecule has 1 amide bonds. The lowest BCUT2D eigenvalue weighted by Crippen LogP contribution is -2.44. The molecule has 6 heteroatoms. The lowest BCUT2D eigenvalue weighted by atomic mass is 10.0. The van der Waals surface area contributed by atoms with Gasteiger partial charge in [0.05, 0.1) is 0 Å². The van der Waals surface area contributed by atoms with Gasteiger partial charge in [-0.2, -0.15) is 0 Å². The molecular formula is C15H21N2O4+. The number of aliphatic carboxylic acids is 1. The minimum absolute atomic E-state index is 0.166. The summed E-state index contributed by atoms with van der Waals surface area (Å²) in [4.78, 5) is 22.9. The molecule has 0 aliphatic carbocycles. The van der Waals surface area contributed by atoms with Crippen LogP contribution in [0.25, 0.3) is 0 Å². The summed E-state index contributed by atoms with van der Waals surface area (Å²) in [6.07, 6.45) is 0.874. The first kappa shape index (κ1) is 16.7. The van der Waals surface area contributed by atoms with Gasteiger partial charge in [0.1, 0.15) is 11.6 Å². The van der Waals surface area contributed by atoms with Crippen LogP contribution in [0.4, 0.5) is 4.79 Å². The molecular weight excluding hydrogens is 272 g/mol. The Labute approximate surface area is 123 Å². The Hall–Kier alpha value is -2.37. The minimum atomic E-state index is -1.12. The Balaban J connectivity index is 2.71. The van der Waals surface area contributed by atoms with Crippen molar-refractivity contribution in [2.75, 3.05) is 0 Å². The number of ether oxygens (including phenoxy) is 1. The Morgan fingerprint density at radius 3 is 2.33 bits per heavy atom. The number of hydrogen-bond acceptors (Lipinski definition) is 3. The minimum Gasteiger partial charge on any atom is -0.480 e. The number of benzene rings is 1. The van der Waals surface area contributed by atoms with Gasteiger partial charge in [-0.05, 0) is 38.5 Å². The van der Waals surface area contributed by atoms with E-state index in [1.807, 2.05) is 0 Å². The maximum Gasteiger partial charge on any atom is 0.408 e. The fraction of sp³-hybridized carbons (Fsp3) is 0.400. The van der Waals surface area contributed by atoms with Crippen molar-refractivity contribution in [2.45, 2.75) is 38.8 Å². The molecule has 0 radical (unpaired) electrons. The average molecular weight is 293 g/mol. The lowest BCUT2D eigenvalue weighted by molar-refractivity contribution is -0.139. The number of amides is 1. The number of hydrogen-bond donors (Lipinski definition) is 3. The Morgan fingerprint density at radius 2 is 1.90 bits per heavy atom. The summed E-state index contributed by atoms with van der Waals surface area (Å²) in [5.74, 6) is -1.12. The second-order valence-electron chi connectivity index (χ2n) is 5.65. The van der Waals surface area contributed by atoms with Gasteiger partial charge in [-0.3, -0.25) is 5.41 Å². The number of carboxylic acid groups (broad SMARTS) is 1. The molecule has 0 aromatic heterocycles. The first-order chi connectivity index (χ1) is 9.71. The van der Waals surface area contributed by atoms with Gasteiger partial charge in [-0.25, -0.2) is 9.59 Å². The molecule has 4 N–H and O–H groups in total. The zero-order chi connectivity index (χ0) is 16.0. The number of nitrogens with two attached hydrogens (primary N) is 1. The fourth-order valence-electron chi connectivity index (χ4n) is 1.65. The van der Waals surface area contributed by atoms with Gasteiger partial charge in [-0.15, -0.1) is 0 Å². The molecule has 0 aliphatic heterocycles. The van der Waals surface area contributed by atoms with E-state index in [2.05, 4.69) is 5.32 Å². The van der Waals surface area contributed by atoms with Crippen LogP contribution in [0, 0.1) is 0 Å². The van der Waals surface area contributed by atoms with Crippen LogP contribution in [-0.4, -0.2) is 35.0 Å². The van der Waals surface area contributed by atoms with Gasteiger partial charge in [-0.1, -0.05) is 12.1 Å². The summed E-state index contributed by atoms with van der Waals surface area (Å²) in [5, 5.41) is 16.9. The molecule has 1 aromatic carbocycles. The first-order valence-corrected chi connectivity index (χ1v) is 6.57. The van der Waals surface area contributed by atoms with E-state index in [9.17, 15) is 14.7 Å².